The lowest BCUT2D eigenvalue weighted by Gasteiger charge is -2.04. The Morgan fingerprint density at radius 2 is 2.12 bits per heavy atom. The number of aromatic nitrogens is 2. The molecule has 0 bridgehead atoms. The van der Waals surface area contributed by atoms with Gasteiger partial charge in [-0.2, -0.15) is 10.4 Å². The predicted molar refractivity (Wildman–Crippen MR) is 91.0 cm³/mol. The van der Waals surface area contributed by atoms with Crippen LogP contribution in [-0.4, -0.2) is 28.6 Å². The second-order valence-electron chi connectivity index (χ2n) is 5.25. The van der Waals surface area contributed by atoms with Crippen LogP contribution in [0.25, 0.3) is 5.69 Å². The Morgan fingerprint density at radius 1 is 1.42 bits per heavy atom. The number of aliphatic imine (C=N–C) groups is 1. The first-order valence-electron chi connectivity index (χ1n) is 7.75. The Morgan fingerprint density at radius 3 is 2.75 bits per heavy atom. The number of para-hydroxylation sites is 1. The summed E-state index contributed by atoms with van der Waals surface area (Å²) in [6.45, 7) is 6.21. The zero-order valence-corrected chi connectivity index (χ0v) is 14.1. The fraction of sp³-hybridized carbons (Fsp3) is 0.333. The standard InChI is InChI=1S/C18H20N4O2/c1-4-24-18(23)15(10-19)11-20-12-17-13(2)21-22(14(17)3)16-8-6-5-7-9-16/h5-9,11,15H,4,12H2,1-3H3/t15-/m1/s1. The number of nitrogens with zero attached hydrogens (tertiary/aromatic N) is 4. The number of aryl methyl sites for hydroxylation is 1. The van der Waals surface area contributed by atoms with Crippen LogP contribution >= 0.6 is 0 Å². The number of rotatable bonds is 6. The van der Waals surface area contributed by atoms with Crippen molar-refractivity contribution < 1.29 is 9.53 Å². The van der Waals surface area contributed by atoms with Gasteiger partial charge in [0, 0.05) is 17.5 Å². The summed E-state index contributed by atoms with van der Waals surface area (Å²) in [6.07, 6.45) is 1.34. The number of ether oxygens (including phenoxy) is 1. The van der Waals surface area contributed by atoms with Crippen molar-refractivity contribution in [3.05, 3.63) is 47.3 Å². The molecule has 0 N–H and O–H groups in total. The predicted octanol–water partition coefficient (Wildman–Crippen LogP) is 2.76. The molecular weight excluding hydrogens is 304 g/mol. The second kappa shape index (κ2) is 8.06. The summed E-state index contributed by atoms with van der Waals surface area (Å²) in [5, 5.41) is 13.6. The van der Waals surface area contributed by atoms with Crippen molar-refractivity contribution in [3.8, 4) is 11.8 Å². The largest absolute Gasteiger partial charge is 0.465 e. The molecule has 0 spiro atoms. The minimum atomic E-state index is -0.977. The fourth-order valence-electron chi connectivity index (χ4n) is 2.35. The highest BCUT2D eigenvalue weighted by Gasteiger charge is 2.17. The lowest BCUT2D eigenvalue weighted by Crippen LogP contribution is -2.17. The van der Waals surface area contributed by atoms with Gasteiger partial charge in [-0.1, -0.05) is 18.2 Å². The summed E-state index contributed by atoms with van der Waals surface area (Å²) in [4.78, 5) is 15.8. The maximum Gasteiger partial charge on any atom is 0.328 e. The van der Waals surface area contributed by atoms with Crippen molar-refractivity contribution in [3.63, 3.8) is 0 Å². The molecule has 0 aliphatic rings. The maximum absolute atomic E-state index is 11.6. The molecule has 24 heavy (non-hydrogen) atoms. The van der Waals surface area contributed by atoms with Crippen molar-refractivity contribution in [2.24, 2.45) is 10.9 Å². The molecule has 124 valence electrons. The van der Waals surface area contributed by atoms with Crippen LogP contribution in [0.15, 0.2) is 35.3 Å². The molecule has 0 amide bonds. The quantitative estimate of drug-likeness (QED) is 0.604. The Labute approximate surface area is 141 Å². The number of carbonyl (C=O) groups is 1. The summed E-state index contributed by atoms with van der Waals surface area (Å²) < 4.78 is 6.71. The van der Waals surface area contributed by atoms with E-state index in [1.807, 2.05) is 54.9 Å². The van der Waals surface area contributed by atoms with Crippen LogP contribution in [0.5, 0.6) is 0 Å². The van der Waals surface area contributed by atoms with E-state index in [9.17, 15) is 4.79 Å². The highest BCUT2D eigenvalue weighted by Crippen LogP contribution is 2.18. The molecule has 2 rings (SSSR count). The van der Waals surface area contributed by atoms with E-state index in [2.05, 4.69) is 10.1 Å². The van der Waals surface area contributed by atoms with Crippen molar-refractivity contribution >= 4 is 12.2 Å². The number of nitriles is 1. The van der Waals surface area contributed by atoms with E-state index in [4.69, 9.17) is 10.00 Å². The van der Waals surface area contributed by atoms with Gasteiger partial charge >= 0.3 is 5.97 Å². The molecule has 2 aromatic rings. The van der Waals surface area contributed by atoms with Gasteiger partial charge in [0.2, 0.25) is 0 Å². The van der Waals surface area contributed by atoms with Crippen LogP contribution in [-0.2, 0) is 16.1 Å². The van der Waals surface area contributed by atoms with E-state index in [-0.39, 0.29) is 6.61 Å². The molecule has 0 aliphatic heterocycles. The van der Waals surface area contributed by atoms with Crippen LogP contribution in [0.2, 0.25) is 0 Å². The SMILES string of the molecule is CCOC(=O)[C@H](C#N)C=NCc1c(C)nn(-c2ccccc2)c1C. The lowest BCUT2D eigenvalue weighted by molar-refractivity contribution is -0.143. The van der Waals surface area contributed by atoms with Crippen LogP contribution in [0, 0.1) is 31.1 Å². The Hall–Kier alpha value is -2.94. The number of carbonyl (C=O) groups excluding carboxylic acids is 1. The summed E-state index contributed by atoms with van der Waals surface area (Å²) in [5.41, 5.74) is 3.82. The molecule has 1 atom stereocenters. The Balaban J connectivity index is 2.16. The Bertz CT molecular complexity index is 772. The average Bonchev–Trinajstić information content (AvgIpc) is 2.87. The van der Waals surface area contributed by atoms with Gasteiger partial charge in [-0.15, -0.1) is 0 Å². The molecule has 0 radical (unpaired) electrons. The van der Waals surface area contributed by atoms with E-state index >= 15 is 0 Å². The van der Waals surface area contributed by atoms with Crippen LogP contribution < -0.4 is 0 Å². The van der Waals surface area contributed by atoms with Gasteiger partial charge in [-0.25, -0.2) is 4.68 Å². The van der Waals surface area contributed by atoms with Crippen molar-refractivity contribution in [1.82, 2.24) is 9.78 Å². The van der Waals surface area contributed by atoms with Crippen molar-refractivity contribution in [2.75, 3.05) is 6.61 Å². The highest BCUT2D eigenvalue weighted by molar-refractivity contribution is 5.92. The highest BCUT2D eigenvalue weighted by atomic mass is 16.5. The van der Waals surface area contributed by atoms with Crippen LogP contribution in [0.1, 0.15) is 23.9 Å². The Kier molecular flexibility index (Phi) is 5.85. The molecular formula is C18H20N4O2. The lowest BCUT2D eigenvalue weighted by atomic mass is 10.2. The van der Waals surface area contributed by atoms with Gasteiger partial charge in [-0.3, -0.25) is 9.79 Å². The van der Waals surface area contributed by atoms with Crippen molar-refractivity contribution in [1.29, 1.82) is 5.26 Å². The average molecular weight is 324 g/mol. The van der Waals surface area contributed by atoms with E-state index in [0.717, 1.165) is 22.6 Å². The third kappa shape index (κ3) is 3.87. The van der Waals surface area contributed by atoms with E-state index in [1.54, 1.807) is 6.92 Å². The molecule has 0 saturated carbocycles. The van der Waals surface area contributed by atoms with Crippen LogP contribution in [0.4, 0.5) is 0 Å². The summed E-state index contributed by atoms with van der Waals surface area (Å²) in [5.74, 6) is -1.55. The first-order valence-corrected chi connectivity index (χ1v) is 7.75. The molecule has 1 aromatic carbocycles. The summed E-state index contributed by atoms with van der Waals surface area (Å²) in [7, 11) is 0. The van der Waals surface area contributed by atoms with Gasteiger partial charge in [0.05, 0.1) is 30.6 Å². The molecule has 1 heterocycles. The number of benzene rings is 1. The van der Waals surface area contributed by atoms with E-state index in [0.29, 0.717) is 6.54 Å². The molecule has 1 aromatic heterocycles. The molecule has 0 unspecified atom stereocenters. The van der Waals surface area contributed by atoms with Gasteiger partial charge in [0.15, 0.2) is 5.92 Å². The first kappa shape index (κ1) is 17.4. The normalized spacial score (nSPS) is 12.1. The third-order valence-corrected chi connectivity index (χ3v) is 3.63. The van der Waals surface area contributed by atoms with Crippen LogP contribution in [0.3, 0.4) is 0 Å². The monoisotopic (exact) mass is 324 g/mol. The maximum atomic E-state index is 11.6. The smallest absolute Gasteiger partial charge is 0.328 e. The van der Waals surface area contributed by atoms with Gasteiger partial charge < -0.3 is 4.74 Å². The second-order valence-corrected chi connectivity index (χ2v) is 5.25. The molecule has 0 fully saturated rings. The van der Waals surface area contributed by atoms with E-state index in [1.165, 1.54) is 6.21 Å². The fourth-order valence-corrected chi connectivity index (χ4v) is 2.35. The zero-order valence-electron chi connectivity index (χ0n) is 14.1. The first-order chi connectivity index (χ1) is 11.6. The van der Waals surface area contributed by atoms with Crippen molar-refractivity contribution in [2.45, 2.75) is 27.3 Å². The molecule has 0 saturated heterocycles. The summed E-state index contributed by atoms with van der Waals surface area (Å²) >= 11 is 0. The number of hydrogen-bond acceptors (Lipinski definition) is 5. The van der Waals surface area contributed by atoms with Gasteiger partial charge in [-0.05, 0) is 32.9 Å². The number of hydrogen-bond donors (Lipinski definition) is 0. The summed E-state index contributed by atoms with van der Waals surface area (Å²) in [6, 6.07) is 11.7. The minimum absolute atomic E-state index is 0.243. The molecule has 0 aliphatic carbocycles. The van der Waals surface area contributed by atoms with E-state index < -0.39 is 11.9 Å². The minimum Gasteiger partial charge on any atom is -0.465 e. The zero-order chi connectivity index (χ0) is 17.5. The third-order valence-electron chi connectivity index (χ3n) is 3.63. The molecule has 6 heteroatoms. The molecule has 6 nitrogen and oxygen atoms in total. The topological polar surface area (TPSA) is 80.3 Å². The number of esters is 1. The van der Waals surface area contributed by atoms with Gasteiger partial charge in [0.25, 0.3) is 0 Å². The van der Waals surface area contributed by atoms with Gasteiger partial charge in [0.1, 0.15) is 0 Å².